The Morgan fingerprint density at radius 3 is 2.65 bits per heavy atom. The Bertz CT molecular complexity index is 664. The average molecular weight is 314 g/mol. The first-order valence-electron chi connectivity index (χ1n) is 5.64. The minimum atomic E-state index is -0.596. The van der Waals surface area contributed by atoms with E-state index in [4.69, 9.17) is 34.3 Å². The van der Waals surface area contributed by atoms with E-state index in [0.717, 1.165) is 6.07 Å². The van der Waals surface area contributed by atoms with E-state index in [1.807, 2.05) is 0 Å². The van der Waals surface area contributed by atoms with Gasteiger partial charge in [0.25, 0.3) is 0 Å². The van der Waals surface area contributed by atoms with Gasteiger partial charge in [0.05, 0.1) is 5.02 Å². The van der Waals surface area contributed by atoms with Gasteiger partial charge >= 0.3 is 0 Å². The molecule has 0 saturated heterocycles. The van der Waals surface area contributed by atoms with Crippen LogP contribution in [0.4, 0.5) is 8.78 Å². The number of benzene rings is 2. The van der Waals surface area contributed by atoms with Crippen LogP contribution in [0.1, 0.15) is 11.1 Å². The minimum Gasteiger partial charge on any atom is -0.489 e. The van der Waals surface area contributed by atoms with Crippen molar-refractivity contribution in [3.63, 3.8) is 0 Å². The minimum absolute atomic E-state index is 0.000918. The second-order valence-corrected chi connectivity index (χ2v) is 4.85. The lowest BCUT2D eigenvalue weighted by Gasteiger charge is -2.09. The molecular weight excluding hydrogens is 304 g/mol. The standard InChI is InChI=1S/C14H10ClF2NOS/c15-11-5-4-9(6-12(11)16)19-7-8-2-1-3-10(13(8)17)14(18)20/h1-6H,7H2,(H2,18,20). The van der Waals surface area contributed by atoms with Gasteiger partial charge in [-0.05, 0) is 18.2 Å². The van der Waals surface area contributed by atoms with Crippen molar-refractivity contribution in [2.75, 3.05) is 0 Å². The highest BCUT2D eigenvalue weighted by Crippen LogP contribution is 2.22. The summed E-state index contributed by atoms with van der Waals surface area (Å²) in [6, 6.07) is 8.66. The van der Waals surface area contributed by atoms with Gasteiger partial charge in [0.2, 0.25) is 0 Å². The van der Waals surface area contributed by atoms with Gasteiger partial charge in [0.15, 0.2) is 0 Å². The average Bonchev–Trinajstić information content (AvgIpc) is 2.41. The van der Waals surface area contributed by atoms with Crippen LogP contribution in [0.3, 0.4) is 0 Å². The third-order valence-electron chi connectivity index (χ3n) is 2.63. The maximum absolute atomic E-state index is 14.0. The zero-order chi connectivity index (χ0) is 14.7. The van der Waals surface area contributed by atoms with Crippen LogP contribution in [0.15, 0.2) is 36.4 Å². The van der Waals surface area contributed by atoms with Crippen molar-refractivity contribution < 1.29 is 13.5 Å². The van der Waals surface area contributed by atoms with Crippen LogP contribution >= 0.6 is 23.8 Å². The predicted octanol–water partition coefficient (Wildman–Crippen LogP) is 3.83. The van der Waals surface area contributed by atoms with Crippen LogP contribution < -0.4 is 10.5 Å². The van der Waals surface area contributed by atoms with Crippen molar-refractivity contribution in [1.82, 2.24) is 0 Å². The van der Waals surface area contributed by atoms with E-state index in [9.17, 15) is 8.78 Å². The van der Waals surface area contributed by atoms with E-state index in [1.54, 1.807) is 12.1 Å². The lowest BCUT2D eigenvalue weighted by molar-refractivity contribution is 0.298. The van der Waals surface area contributed by atoms with Gasteiger partial charge in [0, 0.05) is 17.2 Å². The Hall–Kier alpha value is -1.72. The lowest BCUT2D eigenvalue weighted by Crippen LogP contribution is -2.13. The molecule has 0 fully saturated rings. The van der Waals surface area contributed by atoms with Gasteiger partial charge in [-0.15, -0.1) is 0 Å². The Morgan fingerprint density at radius 2 is 2.00 bits per heavy atom. The van der Waals surface area contributed by atoms with Crippen LogP contribution in [-0.2, 0) is 6.61 Å². The number of ether oxygens (including phenoxy) is 1. The molecule has 2 rings (SSSR count). The highest BCUT2D eigenvalue weighted by atomic mass is 35.5. The molecule has 0 aromatic heterocycles. The fourth-order valence-electron chi connectivity index (χ4n) is 1.61. The van der Waals surface area contributed by atoms with Gasteiger partial charge in [-0.1, -0.05) is 36.0 Å². The molecule has 0 radical (unpaired) electrons. The Kier molecular flexibility index (Phi) is 4.52. The van der Waals surface area contributed by atoms with Crippen molar-refractivity contribution in [2.24, 2.45) is 5.73 Å². The summed E-state index contributed by atoms with van der Waals surface area (Å²) in [7, 11) is 0. The molecule has 0 unspecified atom stereocenters. The molecule has 0 heterocycles. The number of rotatable bonds is 4. The van der Waals surface area contributed by atoms with Crippen LogP contribution in [0.5, 0.6) is 5.75 Å². The van der Waals surface area contributed by atoms with E-state index in [0.29, 0.717) is 0 Å². The summed E-state index contributed by atoms with van der Waals surface area (Å²) in [5.41, 5.74) is 5.85. The first-order valence-corrected chi connectivity index (χ1v) is 6.42. The molecule has 0 aliphatic carbocycles. The zero-order valence-corrected chi connectivity index (χ0v) is 11.8. The molecule has 0 spiro atoms. The summed E-state index contributed by atoms with van der Waals surface area (Å²) in [4.78, 5) is -0.0260. The highest BCUT2D eigenvalue weighted by molar-refractivity contribution is 7.80. The lowest BCUT2D eigenvalue weighted by atomic mass is 10.1. The number of nitrogens with two attached hydrogens (primary N) is 1. The van der Waals surface area contributed by atoms with Gasteiger partial charge in [-0.2, -0.15) is 0 Å². The summed E-state index contributed by atoms with van der Waals surface area (Å²) < 4.78 is 32.6. The van der Waals surface area contributed by atoms with E-state index in [2.05, 4.69) is 0 Å². The van der Waals surface area contributed by atoms with E-state index in [1.165, 1.54) is 18.2 Å². The summed E-state index contributed by atoms with van der Waals surface area (Å²) >= 11 is 10.3. The summed E-state index contributed by atoms with van der Waals surface area (Å²) in [6.07, 6.45) is 0. The molecule has 20 heavy (non-hydrogen) atoms. The predicted molar refractivity (Wildman–Crippen MR) is 78.0 cm³/mol. The van der Waals surface area contributed by atoms with Crippen molar-refractivity contribution in [3.05, 3.63) is 64.2 Å². The number of thiocarbonyl (C=S) groups is 1. The topological polar surface area (TPSA) is 35.2 Å². The van der Waals surface area contributed by atoms with Gasteiger partial charge in [0.1, 0.15) is 29.0 Å². The van der Waals surface area contributed by atoms with Crippen molar-refractivity contribution in [3.8, 4) is 5.75 Å². The monoisotopic (exact) mass is 313 g/mol. The SMILES string of the molecule is NC(=S)c1cccc(COc2ccc(Cl)c(F)c2)c1F. The van der Waals surface area contributed by atoms with E-state index < -0.39 is 11.6 Å². The number of halogens is 3. The Balaban J connectivity index is 2.17. The van der Waals surface area contributed by atoms with E-state index >= 15 is 0 Å². The molecule has 2 aromatic carbocycles. The third-order valence-corrected chi connectivity index (χ3v) is 3.16. The summed E-state index contributed by atoms with van der Waals surface area (Å²) in [5, 5.41) is -0.000918. The molecule has 0 bridgehead atoms. The normalized spacial score (nSPS) is 10.3. The Morgan fingerprint density at radius 1 is 1.25 bits per heavy atom. The summed E-state index contributed by atoms with van der Waals surface area (Å²) in [6.45, 7) is -0.0661. The molecule has 2 N–H and O–H groups in total. The second kappa shape index (κ2) is 6.15. The molecule has 0 atom stereocenters. The Labute approximate surface area is 125 Å². The second-order valence-electron chi connectivity index (χ2n) is 4.01. The van der Waals surface area contributed by atoms with Crippen LogP contribution in [-0.4, -0.2) is 4.99 Å². The smallest absolute Gasteiger partial charge is 0.145 e. The van der Waals surface area contributed by atoms with Crippen molar-refractivity contribution in [2.45, 2.75) is 6.61 Å². The maximum atomic E-state index is 14.0. The van der Waals surface area contributed by atoms with Gasteiger partial charge < -0.3 is 10.5 Å². The van der Waals surface area contributed by atoms with Gasteiger partial charge in [-0.25, -0.2) is 8.78 Å². The first kappa shape index (κ1) is 14.7. The maximum Gasteiger partial charge on any atom is 0.145 e. The van der Waals surface area contributed by atoms with Crippen molar-refractivity contribution in [1.29, 1.82) is 0 Å². The van der Waals surface area contributed by atoms with E-state index in [-0.39, 0.29) is 33.5 Å². The molecule has 0 saturated carbocycles. The number of hydrogen-bond acceptors (Lipinski definition) is 2. The van der Waals surface area contributed by atoms with Crippen LogP contribution in [0.25, 0.3) is 0 Å². The summed E-state index contributed by atoms with van der Waals surface area (Å²) in [5.74, 6) is -0.872. The van der Waals surface area contributed by atoms with Crippen LogP contribution in [0.2, 0.25) is 5.02 Å². The highest BCUT2D eigenvalue weighted by Gasteiger charge is 2.11. The third kappa shape index (κ3) is 3.23. The largest absolute Gasteiger partial charge is 0.489 e. The molecule has 2 aromatic rings. The molecular formula is C14H10ClF2NOS. The molecule has 0 aliphatic heterocycles. The molecule has 0 aliphatic rings. The fraction of sp³-hybridized carbons (Fsp3) is 0.0714. The van der Waals surface area contributed by atoms with Crippen molar-refractivity contribution >= 4 is 28.8 Å². The molecule has 104 valence electrons. The van der Waals surface area contributed by atoms with Crippen LogP contribution in [0, 0.1) is 11.6 Å². The fourth-order valence-corrected chi connectivity index (χ4v) is 1.88. The quantitative estimate of drug-likeness (QED) is 0.871. The molecule has 6 heteroatoms. The number of hydrogen-bond donors (Lipinski definition) is 1. The zero-order valence-electron chi connectivity index (χ0n) is 10.2. The molecule has 0 amide bonds. The molecule has 2 nitrogen and oxygen atoms in total. The first-order chi connectivity index (χ1) is 9.49. The van der Waals surface area contributed by atoms with Gasteiger partial charge in [-0.3, -0.25) is 0 Å².